The quantitative estimate of drug-likeness (QED) is 0.801. The Morgan fingerprint density at radius 2 is 1.82 bits per heavy atom. The number of carbonyl (C=O) groups is 2. The average molecular weight is 303 g/mol. The number of hydrogen-bond donors (Lipinski definition) is 2. The number of hydrogen-bond acceptors (Lipinski definition) is 4. The Balaban J connectivity index is 1.62. The van der Waals surface area contributed by atoms with Crippen LogP contribution in [-0.4, -0.2) is 39.4 Å². The van der Waals surface area contributed by atoms with Gasteiger partial charge in [0.1, 0.15) is 5.82 Å². The van der Waals surface area contributed by atoms with Gasteiger partial charge < -0.3 is 20.9 Å². The highest BCUT2D eigenvalue weighted by molar-refractivity contribution is 5.95. The van der Waals surface area contributed by atoms with Gasteiger partial charge in [0.25, 0.3) is 5.91 Å². The fourth-order valence-electron chi connectivity index (χ4n) is 3.29. The summed E-state index contributed by atoms with van der Waals surface area (Å²) < 4.78 is 1.80. The van der Waals surface area contributed by atoms with Gasteiger partial charge in [-0.2, -0.15) is 0 Å². The number of imidazole rings is 1. The van der Waals surface area contributed by atoms with Gasteiger partial charge in [0.05, 0.1) is 6.33 Å². The molecule has 1 fully saturated rings. The second-order valence-corrected chi connectivity index (χ2v) is 5.95. The van der Waals surface area contributed by atoms with Crippen LogP contribution in [0.3, 0.4) is 0 Å². The smallest absolute Gasteiger partial charge is 0.271 e. The SMILES string of the molecule is NC(=O)c1ncn(C2CCN(C(=O)C3CC=CC3)CC2)c1N. The molecule has 0 atom stereocenters. The molecule has 1 aliphatic heterocycles. The van der Waals surface area contributed by atoms with E-state index in [-0.39, 0.29) is 23.6 Å². The molecule has 0 radical (unpaired) electrons. The number of likely N-dealkylation sites (tertiary alicyclic amines) is 1. The largest absolute Gasteiger partial charge is 0.383 e. The predicted molar refractivity (Wildman–Crippen MR) is 81.9 cm³/mol. The zero-order valence-electron chi connectivity index (χ0n) is 12.4. The Morgan fingerprint density at radius 3 is 2.36 bits per heavy atom. The van der Waals surface area contributed by atoms with Gasteiger partial charge >= 0.3 is 0 Å². The lowest BCUT2D eigenvalue weighted by Crippen LogP contribution is -2.41. The minimum atomic E-state index is -0.613. The van der Waals surface area contributed by atoms with Crippen LogP contribution >= 0.6 is 0 Å². The van der Waals surface area contributed by atoms with E-state index in [2.05, 4.69) is 17.1 Å². The number of aromatic nitrogens is 2. The average Bonchev–Trinajstić information content (AvgIpc) is 3.16. The summed E-state index contributed by atoms with van der Waals surface area (Å²) in [6, 6.07) is 0.159. The van der Waals surface area contributed by atoms with Crippen molar-refractivity contribution in [3.05, 3.63) is 24.2 Å². The van der Waals surface area contributed by atoms with Crippen molar-refractivity contribution in [2.75, 3.05) is 18.8 Å². The molecule has 1 aromatic rings. The fraction of sp³-hybridized carbons (Fsp3) is 0.533. The molecule has 0 saturated carbocycles. The van der Waals surface area contributed by atoms with Gasteiger partial charge in [0, 0.05) is 25.0 Å². The van der Waals surface area contributed by atoms with E-state index in [4.69, 9.17) is 11.5 Å². The van der Waals surface area contributed by atoms with Crippen LogP contribution in [0.4, 0.5) is 5.82 Å². The molecule has 0 bridgehead atoms. The lowest BCUT2D eigenvalue weighted by Gasteiger charge is -2.34. The van der Waals surface area contributed by atoms with Crippen molar-refractivity contribution in [1.29, 1.82) is 0 Å². The van der Waals surface area contributed by atoms with Gasteiger partial charge in [-0.1, -0.05) is 12.2 Å². The Hall–Kier alpha value is -2.31. The first kappa shape index (κ1) is 14.6. The summed E-state index contributed by atoms with van der Waals surface area (Å²) in [7, 11) is 0. The number of nitrogens with zero attached hydrogens (tertiary/aromatic N) is 3. The summed E-state index contributed by atoms with van der Waals surface area (Å²) in [6.07, 6.45) is 9.05. The normalized spacial score (nSPS) is 19.7. The molecule has 22 heavy (non-hydrogen) atoms. The number of allylic oxidation sites excluding steroid dienone is 2. The molecular formula is C15H21N5O2. The highest BCUT2D eigenvalue weighted by atomic mass is 16.2. The first-order valence-corrected chi connectivity index (χ1v) is 7.63. The maximum Gasteiger partial charge on any atom is 0.271 e. The molecule has 2 aliphatic rings. The van der Waals surface area contributed by atoms with Crippen molar-refractivity contribution in [1.82, 2.24) is 14.5 Å². The zero-order valence-corrected chi connectivity index (χ0v) is 12.4. The van der Waals surface area contributed by atoms with E-state index in [9.17, 15) is 9.59 Å². The van der Waals surface area contributed by atoms with Crippen LogP contribution in [0.25, 0.3) is 0 Å². The first-order chi connectivity index (χ1) is 10.6. The molecule has 3 rings (SSSR count). The third-order valence-corrected chi connectivity index (χ3v) is 4.59. The zero-order chi connectivity index (χ0) is 15.7. The number of rotatable bonds is 3. The van der Waals surface area contributed by atoms with Crippen LogP contribution in [0.5, 0.6) is 0 Å². The Kier molecular flexibility index (Phi) is 3.87. The van der Waals surface area contributed by atoms with Gasteiger partial charge in [0.15, 0.2) is 5.69 Å². The molecule has 0 unspecified atom stereocenters. The first-order valence-electron chi connectivity index (χ1n) is 7.63. The summed E-state index contributed by atoms with van der Waals surface area (Å²) >= 11 is 0. The lowest BCUT2D eigenvalue weighted by atomic mass is 10.0. The van der Waals surface area contributed by atoms with Crippen LogP contribution in [0, 0.1) is 5.92 Å². The van der Waals surface area contributed by atoms with Gasteiger partial charge in [-0.3, -0.25) is 9.59 Å². The third kappa shape index (κ3) is 2.58. The summed E-state index contributed by atoms with van der Waals surface area (Å²) in [4.78, 5) is 29.5. The van der Waals surface area contributed by atoms with Crippen LogP contribution in [-0.2, 0) is 4.79 Å². The molecule has 2 amide bonds. The molecule has 4 N–H and O–H groups in total. The molecule has 1 aliphatic carbocycles. The number of carbonyl (C=O) groups excluding carboxylic acids is 2. The Labute approximate surface area is 129 Å². The monoisotopic (exact) mass is 303 g/mol. The predicted octanol–water partition coefficient (Wildman–Crippen LogP) is 0.694. The van der Waals surface area contributed by atoms with Crippen molar-refractivity contribution >= 4 is 17.6 Å². The molecule has 1 saturated heterocycles. The minimum absolute atomic E-state index is 0.121. The van der Waals surface area contributed by atoms with Crippen LogP contribution in [0.15, 0.2) is 18.5 Å². The summed E-state index contributed by atoms with van der Waals surface area (Å²) in [5, 5.41) is 0. The minimum Gasteiger partial charge on any atom is -0.383 e. The van der Waals surface area contributed by atoms with E-state index < -0.39 is 5.91 Å². The number of piperidine rings is 1. The summed E-state index contributed by atoms with van der Waals surface area (Å²) in [5.74, 6) is 0.0751. The molecule has 0 aromatic carbocycles. The molecule has 1 aromatic heterocycles. The second kappa shape index (κ2) is 5.82. The lowest BCUT2D eigenvalue weighted by molar-refractivity contribution is -0.136. The number of nitrogens with two attached hydrogens (primary N) is 2. The van der Waals surface area contributed by atoms with Crippen LogP contribution in [0.1, 0.15) is 42.2 Å². The highest BCUT2D eigenvalue weighted by Crippen LogP contribution is 2.28. The van der Waals surface area contributed by atoms with Crippen molar-refractivity contribution in [2.24, 2.45) is 11.7 Å². The van der Waals surface area contributed by atoms with E-state index in [1.807, 2.05) is 4.90 Å². The topological polar surface area (TPSA) is 107 Å². The van der Waals surface area contributed by atoms with Gasteiger partial charge in [-0.15, -0.1) is 0 Å². The Morgan fingerprint density at radius 1 is 1.18 bits per heavy atom. The molecule has 7 nitrogen and oxygen atoms in total. The van der Waals surface area contributed by atoms with Crippen LogP contribution in [0.2, 0.25) is 0 Å². The van der Waals surface area contributed by atoms with Gasteiger partial charge in [-0.05, 0) is 25.7 Å². The van der Waals surface area contributed by atoms with E-state index >= 15 is 0 Å². The van der Waals surface area contributed by atoms with Crippen molar-refractivity contribution in [3.8, 4) is 0 Å². The number of anilines is 1. The number of amides is 2. The van der Waals surface area contributed by atoms with E-state index in [0.717, 1.165) is 25.7 Å². The van der Waals surface area contributed by atoms with Crippen molar-refractivity contribution in [2.45, 2.75) is 31.7 Å². The second-order valence-electron chi connectivity index (χ2n) is 5.95. The molecule has 2 heterocycles. The van der Waals surface area contributed by atoms with Gasteiger partial charge in [0.2, 0.25) is 5.91 Å². The highest BCUT2D eigenvalue weighted by Gasteiger charge is 2.30. The van der Waals surface area contributed by atoms with E-state index in [1.165, 1.54) is 0 Å². The van der Waals surface area contributed by atoms with Crippen molar-refractivity contribution < 1.29 is 9.59 Å². The fourth-order valence-corrected chi connectivity index (χ4v) is 3.29. The molecular weight excluding hydrogens is 282 g/mol. The maximum absolute atomic E-state index is 12.4. The van der Waals surface area contributed by atoms with Crippen molar-refractivity contribution in [3.63, 3.8) is 0 Å². The number of primary amides is 1. The number of nitrogen functional groups attached to an aromatic ring is 1. The summed E-state index contributed by atoms with van der Waals surface area (Å²) in [6.45, 7) is 1.42. The van der Waals surface area contributed by atoms with Gasteiger partial charge in [-0.25, -0.2) is 4.98 Å². The van der Waals surface area contributed by atoms with E-state index in [0.29, 0.717) is 18.9 Å². The molecule has 0 spiro atoms. The maximum atomic E-state index is 12.4. The summed E-state index contributed by atoms with van der Waals surface area (Å²) in [5.41, 5.74) is 11.3. The molecule has 118 valence electrons. The van der Waals surface area contributed by atoms with Crippen LogP contribution < -0.4 is 11.5 Å². The Bertz CT molecular complexity index is 605. The standard InChI is InChI=1S/C15H21N5O2/c16-13-12(14(17)21)18-9-20(13)11-5-7-19(8-6-11)15(22)10-3-1-2-4-10/h1-2,9-11H,3-8,16H2,(H2,17,21). The molecule has 7 heteroatoms. The third-order valence-electron chi connectivity index (χ3n) is 4.59. The van der Waals surface area contributed by atoms with E-state index in [1.54, 1.807) is 10.9 Å².